The smallest absolute Gasteiger partial charge is 0.302 e. The number of hydrogen-bond donors (Lipinski definition) is 3. The summed E-state index contributed by atoms with van der Waals surface area (Å²) in [6.07, 6.45) is 1.61. The molecule has 3 N–H and O–H groups in total. The van der Waals surface area contributed by atoms with Crippen molar-refractivity contribution in [2.75, 3.05) is 33.9 Å². The fourth-order valence-electron chi connectivity index (χ4n) is 10.7. The van der Waals surface area contributed by atoms with Crippen LogP contribution in [0.1, 0.15) is 46.0 Å². The van der Waals surface area contributed by atoms with Gasteiger partial charge in [-0.3, -0.25) is 9.69 Å². The highest BCUT2D eigenvalue weighted by Gasteiger charge is 2.88. The lowest BCUT2D eigenvalue weighted by molar-refractivity contribution is -0.313. The first-order chi connectivity index (χ1) is 15.6. The number of fused-ring (bicyclic) bond motifs is 2. The summed E-state index contributed by atoms with van der Waals surface area (Å²) in [5.41, 5.74) is -3.60. The van der Waals surface area contributed by atoms with Gasteiger partial charge in [0.2, 0.25) is 0 Å². The van der Waals surface area contributed by atoms with Gasteiger partial charge in [0.25, 0.3) is 0 Å². The number of carbonyl (C=O) groups excluding carboxylic acids is 1. The van der Waals surface area contributed by atoms with Gasteiger partial charge in [0, 0.05) is 62.8 Å². The minimum absolute atomic E-state index is 0.0452. The minimum atomic E-state index is -1.45. The lowest BCUT2D eigenvalue weighted by Crippen LogP contribution is -2.81. The Hall–Kier alpha value is -0.770. The number of aliphatic hydroxyl groups excluding tert-OH is 1. The van der Waals surface area contributed by atoms with Crippen molar-refractivity contribution in [1.29, 1.82) is 0 Å². The average Bonchev–Trinajstić information content (AvgIpc) is 3.17. The van der Waals surface area contributed by atoms with Crippen molar-refractivity contribution in [3.63, 3.8) is 0 Å². The second-order valence-corrected chi connectivity index (χ2v) is 12.0. The van der Waals surface area contributed by atoms with Crippen LogP contribution in [0.15, 0.2) is 0 Å². The van der Waals surface area contributed by atoms with Crippen molar-refractivity contribution in [1.82, 2.24) is 4.90 Å². The van der Waals surface area contributed by atoms with Crippen molar-refractivity contribution in [3.05, 3.63) is 0 Å². The molecule has 12 atom stereocenters. The van der Waals surface area contributed by atoms with Gasteiger partial charge in [-0.05, 0) is 44.1 Å². The Balaban J connectivity index is 1.60. The Bertz CT molecular complexity index is 855. The monoisotopic (exact) mass is 465 g/mol. The Morgan fingerprint density at radius 1 is 1.18 bits per heavy atom. The molecule has 1 saturated heterocycles. The first kappa shape index (κ1) is 22.7. The predicted octanol–water partition coefficient (Wildman–Crippen LogP) is 0.563. The van der Waals surface area contributed by atoms with Gasteiger partial charge in [-0.1, -0.05) is 6.92 Å². The third-order valence-electron chi connectivity index (χ3n) is 11.3. The number of aliphatic hydroxyl groups is 3. The number of carbonyl (C=O) groups is 1. The zero-order chi connectivity index (χ0) is 23.6. The van der Waals surface area contributed by atoms with Gasteiger partial charge in [-0.25, -0.2) is 0 Å². The minimum Gasteiger partial charge on any atom is -0.462 e. The van der Waals surface area contributed by atoms with E-state index in [0.717, 1.165) is 25.9 Å². The molecule has 0 aromatic heterocycles. The van der Waals surface area contributed by atoms with Crippen molar-refractivity contribution in [2.45, 2.75) is 81.5 Å². The van der Waals surface area contributed by atoms with E-state index in [4.69, 9.17) is 14.2 Å². The molecule has 2 unspecified atom stereocenters. The second-order valence-electron chi connectivity index (χ2n) is 12.0. The number of likely N-dealkylation sites (N-methyl/N-ethyl adjacent to an activating group) is 1. The van der Waals surface area contributed by atoms with Crippen LogP contribution in [-0.4, -0.2) is 95.7 Å². The zero-order valence-electron chi connectivity index (χ0n) is 20.2. The summed E-state index contributed by atoms with van der Waals surface area (Å²) in [6, 6.07) is -0.334. The van der Waals surface area contributed by atoms with Crippen LogP contribution in [0, 0.1) is 34.5 Å². The topological polar surface area (TPSA) is 109 Å². The number of hydrogen-bond acceptors (Lipinski definition) is 8. The fraction of sp³-hybridized carbons (Fsp3) is 0.960. The molecule has 0 aromatic carbocycles. The van der Waals surface area contributed by atoms with Crippen LogP contribution in [0.2, 0.25) is 0 Å². The molecule has 0 amide bonds. The molecule has 1 heterocycles. The van der Waals surface area contributed by atoms with Crippen molar-refractivity contribution >= 4 is 5.97 Å². The number of nitrogens with zero attached hydrogens (tertiary/aromatic N) is 1. The Kier molecular flexibility index (Phi) is 4.75. The average molecular weight is 466 g/mol. The van der Waals surface area contributed by atoms with Gasteiger partial charge in [-0.2, -0.15) is 0 Å². The molecule has 8 nitrogen and oxygen atoms in total. The summed E-state index contributed by atoms with van der Waals surface area (Å²) in [4.78, 5) is 14.5. The Morgan fingerprint density at radius 3 is 2.58 bits per heavy atom. The van der Waals surface area contributed by atoms with Crippen molar-refractivity contribution in [3.8, 4) is 0 Å². The van der Waals surface area contributed by atoms with Crippen LogP contribution in [0.5, 0.6) is 0 Å². The second kappa shape index (κ2) is 6.92. The summed E-state index contributed by atoms with van der Waals surface area (Å²) in [7, 11) is 3.37. The lowest BCUT2D eigenvalue weighted by atomic mass is 9.42. The summed E-state index contributed by atoms with van der Waals surface area (Å²) in [6.45, 7) is 5.63. The maximum Gasteiger partial charge on any atom is 0.302 e. The summed E-state index contributed by atoms with van der Waals surface area (Å²) >= 11 is 0. The van der Waals surface area contributed by atoms with E-state index in [1.54, 1.807) is 14.2 Å². The summed E-state index contributed by atoms with van der Waals surface area (Å²) in [5, 5.41) is 37.0. The van der Waals surface area contributed by atoms with Crippen molar-refractivity contribution in [2.24, 2.45) is 34.5 Å². The van der Waals surface area contributed by atoms with Gasteiger partial charge >= 0.3 is 5.97 Å². The van der Waals surface area contributed by atoms with E-state index in [0.29, 0.717) is 25.9 Å². The lowest BCUT2D eigenvalue weighted by Gasteiger charge is -2.70. The molecule has 6 rings (SSSR count). The highest BCUT2D eigenvalue weighted by atomic mass is 16.5. The molecule has 7 bridgehead atoms. The molecule has 5 saturated carbocycles. The molecule has 1 spiro atoms. The number of ether oxygens (including phenoxy) is 3. The first-order valence-electron chi connectivity index (χ1n) is 12.7. The number of likely N-dealkylation sites (tertiary alicyclic amines) is 1. The maximum atomic E-state index is 12.7. The van der Waals surface area contributed by atoms with Crippen LogP contribution >= 0.6 is 0 Å². The van der Waals surface area contributed by atoms with E-state index in [2.05, 4.69) is 11.8 Å². The van der Waals surface area contributed by atoms with Crippen molar-refractivity contribution < 1.29 is 34.3 Å². The van der Waals surface area contributed by atoms with Gasteiger partial charge in [0.05, 0.1) is 18.8 Å². The van der Waals surface area contributed by atoms with Crippen LogP contribution in [0.4, 0.5) is 0 Å². The molecule has 6 fully saturated rings. The molecule has 5 aliphatic carbocycles. The van der Waals surface area contributed by atoms with E-state index in [9.17, 15) is 20.1 Å². The third-order valence-corrected chi connectivity index (χ3v) is 11.3. The SMILES string of the molecule is CCN1C[C@]2(COC)CC[C@H](O)[C@@]34C5C[C@@H]6[C@@H](OC)C[C@@](O)(C5[C@H]6OC(C)=O)[C@](O)(C[C@H]23)[C@@H]14. The van der Waals surface area contributed by atoms with E-state index in [1.807, 2.05) is 0 Å². The zero-order valence-corrected chi connectivity index (χ0v) is 20.2. The Labute approximate surface area is 195 Å². The van der Waals surface area contributed by atoms with E-state index < -0.39 is 34.7 Å². The number of piperidine rings is 1. The van der Waals surface area contributed by atoms with E-state index in [-0.39, 0.29) is 41.3 Å². The maximum absolute atomic E-state index is 12.7. The van der Waals surface area contributed by atoms with E-state index in [1.165, 1.54) is 6.92 Å². The van der Waals surface area contributed by atoms with Crippen LogP contribution in [-0.2, 0) is 19.0 Å². The van der Waals surface area contributed by atoms with Crippen LogP contribution in [0.3, 0.4) is 0 Å². The van der Waals surface area contributed by atoms with Gasteiger partial charge < -0.3 is 29.5 Å². The number of esters is 1. The molecule has 0 radical (unpaired) electrons. The molecule has 1 aliphatic heterocycles. The van der Waals surface area contributed by atoms with E-state index >= 15 is 0 Å². The highest BCUT2D eigenvalue weighted by Crippen LogP contribution is 2.80. The van der Waals surface area contributed by atoms with Gasteiger partial charge in [0.1, 0.15) is 17.3 Å². The first-order valence-corrected chi connectivity index (χ1v) is 12.7. The largest absolute Gasteiger partial charge is 0.462 e. The van der Waals surface area contributed by atoms with Crippen LogP contribution < -0.4 is 0 Å². The molecule has 8 heteroatoms. The summed E-state index contributed by atoms with van der Waals surface area (Å²) < 4.78 is 17.5. The van der Waals surface area contributed by atoms with Gasteiger partial charge in [-0.15, -0.1) is 0 Å². The summed E-state index contributed by atoms with van der Waals surface area (Å²) in [5.74, 6) is -0.845. The number of methoxy groups -OCH3 is 2. The Morgan fingerprint density at radius 2 is 1.94 bits per heavy atom. The molecule has 6 aliphatic rings. The van der Waals surface area contributed by atoms with Crippen LogP contribution in [0.25, 0.3) is 0 Å². The quantitative estimate of drug-likeness (QED) is 0.506. The molecular formula is C25H39NO7. The normalized spacial score (nSPS) is 58.4. The fourth-order valence-corrected chi connectivity index (χ4v) is 10.7. The predicted molar refractivity (Wildman–Crippen MR) is 117 cm³/mol. The molecule has 186 valence electrons. The molecule has 33 heavy (non-hydrogen) atoms. The number of rotatable bonds is 5. The molecule has 0 aromatic rings. The molecular weight excluding hydrogens is 426 g/mol. The van der Waals surface area contributed by atoms with Gasteiger partial charge in [0.15, 0.2) is 0 Å². The standard InChI is InChI=1S/C25H39NO7/c1-5-26-11-22(12-31-3)7-6-18(28)25-15-8-14-16(32-4)9-23(29,19(15)20(14)33-13(2)27)24(30,21(25)26)10-17(22)25/h14-21,28-30H,5-12H2,1-4H3/t14-,15?,16+,17-,18+,19?,20+,21-,22+,23-,24+,25-/m1/s1. The third kappa shape index (κ3) is 2.32. The highest BCUT2D eigenvalue weighted by molar-refractivity contribution is 5.66.